The first kappa shape index (κ1) is 18.2. The van der Waals surface area contributed by atoms with Crippen LogP contribution in [0.1, 0.15) is 40.5 Å². The van der Waals surface area contributed by atoms with Gasteiger partial charge in [0.05, 0.1) is 5.69 Å². The lowest BCUT2D eigenvalue weighted by atomic mass is 9.96. The number of aromatic nitrogens is 3. The van der Waals surface area contributed by atoms with Gasteiger partial charge in [0.2, 0.25) is 0 Å². The molecule has 1 saturated heterocycles. The first-order valence-corrected chi connectivity index (χ1v) is 9.33. The van der Waals surface area contributed by atoms with E-state index in [-0.39, 0.29) is 23.3 Å². The quantitative estimate of drug-likeness (QED) is 0.759. The molecule has 1 aromatic heterocycles. The van der Waals surface area contributed by atoms with Crippen molar-refractivity contribution in [2.45, 2.75) is 25.7 Å². The molecule has 0 radical (unpaired) electrons. The molecule has 2 aromatic carbocycles. The van der Waals surface area contributed by atoms with Crippen LogP contribution >= 0.6 is 0 Å². The smallest absolute Gasteiger partial charge is 0.338 e. The molecule has 2 heterocycles. The number of halogens is 1. The predicted molar refractivity (Wildman–Crippen MR) is 103 cm³/mol. The van der Waals surface area contributed by atoms with Crippen molar-refractivity contribution in [2.75, 3.05) is 13.1 Å². The summed E-state index contributed by atoms with van der Waals surface area (Å²) in [5.74, 6) is 0.140. The van der Waals surface area contributed by atoms with Crippen LogP contribution in [0.2, 0.25) is 0 Å². The van der Waals surface area contributed by atoms with Gasteiger partial charge in [0.15, 0.2) is 0 Å². The van der Waals surface area contributed by atoms with E-state index in [1.54, 1.807) is 0 Å². The molecule has 3 aromatic rings. The Morgan fingerprint density at radius 3 is 2.68 bits per heavy atom. The predicted octanol–water partition coefficient (Wildman–Crippen LogP) is 3.03. The van der Waals surface area contributed by atoms with Crippen molar-refractivity contribution in [1.29, 1.82) is 0 Å². The Morgan fingerprint density at radius 2 is 1.93 bits per heavy atom. The summed E-state index contributed by atoms with van der Waals surface area (Å²) < 4.78 is 14.4. The lowest BCUT2D eigenvalue weighted by Crippen LogP contribution is -2.39. The van der Waals surface area contributed by atoms with E-state index in [2.05, 4.69) is 10.1 Å². The largest absolute Gasteiger partial charge is 0.348 e. The maximum absolute atomic E-state index is 13.1. The molecule has 1 amide bonds. The average molecular weight is 380 g/mol. The van der Waals surface area contributed by atoms with E-state index in [0.717, 1.165) is 18.4 Å². The third-order valence-electron chi connectivity index (χ3n) is 5.18. The zero-order chi connectivity index (χ0) is 19.7. The molecule has 144 valence electrons. The molecule has 6 nitrogen and oxygen atoms in total. The number of benzene rings is 2. The van der Waals surface area contributed by atoms with Crippen molar-refractivity contribution in [1.82, 2.24) is 19.7 Å². The summed E-state index contributed by atoms with van der Waals surface area (Å²) in [5.41, 5.74) is 1.78. The molecule has 1 N–H and O–H groups in total. The van der Waals surface area contributed by atoms with Gasteiger partial charge in [-0.3, -0.25) is 9.78 Å². The van der Waals surface area contributed by atoms with Crippen molar-refractivity contribution in [3.8, 4) is 5.69 Å². The molecule has 1 aliphatic heterocycles. The van der Waals surface area contributed by atoms with Gasteiger partial charge in [-0.25, -0.2) is 9.18 Å². The molecular weight excluding hydrogens is 359 g/mol. The molecule has 0 spiro atoms. The van der Waals surface area contributed by atoms with Crippen molar-refractivity contribution >= 4 is 5.91 Å². The first-order chi connectivity index (χ1) is 13.5. The number of hydrogen-bond acceptors (Lipinski definition) is 3. The van der Waals surface area contributed by atoms with Crippen LogP contribution in [0.3, 0.4) is 0 Å². The molecule has 1 aliphatic rings. The van der Waals surface area contributed by atoms with Gasteiger partial charge in [0.25, 0.3) is 5.91 Å². The van der Waals surface area contributed by atoms with Crippen LogP contribution in [0.25, 0.3) is 5.69 Å². The standard InChI is InChI=1S/C21H21FN4O2/c1-14-5-2-3-7-18(14)20(27)25-12-4-6-15(13-25)19-23-21(28)26(24-19)17-10-8-16(22)9-11-17/h2-3,5,7-11,15H,4,6,12-13H2,1H3,(H,23,24,28). The number of H-pyrrole nitrogens is 1. The third-order valence-corrected chi connectivity index (χ3v) is 5.18. The fourth-order valence-electron chi connectivity index (χ4n) is 3.65. The molecule has 0 bridgehead atoms. The Bertz CT molecular complexity index is 1050. The van der Waals surface area contributed by atoms with Gasteiger partial charge in [0.1, 0.15) is 11.6 Å². The molecule has 0 aliphatic carbocycles. The number of carbonyl (C=O) groups excluding carboxylic acids is 1. The lowest BCUT2D eigenvalue weighted by Gasteiger charge is -2.32. The van der Waals surface area contributed by atoms with E-state index < -0.39 is 0 Å². The van der Waals surface area contributed by atoms with Crippen LogP contribution in [0, 0.1) is 12.7 Å². The Hall–Kier alpha value is -3.22. The second kappa shape index (κ2) is 7.42. The van der Waals surface area contributed by atoms with Crippen molar-refractivity contribution in [3.63, 3.8) is 0 Å². The monoisotopic (exact) mass is 380 g/mol. The fraction of sp³-hybridized carbons (Fsp3) is 0.286. The average Bonchev–Trinajstić information content (AvgIpc) is 3.10. The normalized spacial score (nSPS) is 16.9. The highest BCUT2D eigenvalue weighted by Crippen LogP contribution is 2.26. The third kappa shape index (κ3) is 3.47. The summed E-state index contributed by atoms with van der Waals surface area (Å²) in [7, 11) is 0. The Morgan fingerprint density at radius 1 is 1.18 bits per heavy atom. The number of carbonyl (C=O) groups is 1. The maximum atomic E-state index is 13.1. The zero-order valence-electron chi connectivity index (χ0n) is 15.6. The minimum atomic E-state index is -0.371. The molecule has 7 heteroatoms. The molecular formula is C21H21FN4O2. The summed E-state index contributed by atoms with van der Waals surface area (Å²) in [5, 5.41) is 4.41. The van der Waals surface area contributed by atoms with E-state index in [9.17, 15) is 14.0 Å². The highest BCUT2D eigenvalue weighted by Gasteiger charge is 2.28. The van der Waals surface area contributed by atoms with Gasteiger partial charge in [0, 0.05) is 24.6 Å². The van der Waals surface area contributed by atoms with Crippen molar-refractivity contribution < 1.29 is 9.18 Å². The highest BCUT2D eigenvalue weighted by atomic mass is 19.1. The number of nitrogens with one attached hydrogen (secondary N) is 1. The minimum absolute atomic E-state index is 0.00288. The Labute approximate surface area is 161 Å². The van der Waals surface area contributed by atoms with Gasteiger partial charge < -0.3 is 4.90 Å². The van der Waals surface area contributed by atoms with Crippen molar-refractivity contribution in [2.24, 2.45) is 0 Å². The maximum Gasteiger partial charge on any atom is 0.348 e. The van der Waals surface area contributed by atoms with E-state index in [1.807, 2.05) is 36.1 Å². The summed E-state index contributed by atoms with van der Waals surface area (Å²) in [6.45, 7) is 3.12. The SMILES string of the molecule is Cc1ccccc1C(=O)N1CCCC(c2nn(-c3ccc(F)cc3)c(=O)[nH]2)C1. The van der Waals surface area contributed by atoms with Crippen LogP contribution < -0.4 is 5.69 Å². The van der Waals surface area contributed by atoms with Gasteiger partial charge in [-0.15, -0.1) is 5.10 Å². The lowest BCUT2D eigenvalue weighted by molar-refractivity contribution is 0.0704. The number of piperidine rings is 1. The molecule has 1 fully saturated rings. The van der Waals surface area contributed by atoms with Crippen LogP contribution in [0.15, 0.2) is 53.3 Å². The van der Waals surface area contributed by atoms with E-state index in [1.165, 1.54) is 28.9 Å². The Kier molecular flexibility index (Phi) is 4.81. The molecule has 0 saturated carbocycles. The van der Waals surface area contributed by atoms with Gasteiger partial charge in [-0.1, -0.05) is 18.2 Å². The highest BCUT2D eigenvalue weighted by molar-refractivity contribution is 5.95. The number of aromatic amines is 1. The van der Waals surface area contributed by atoms with Crippen LogP contribution in [0.5, 0.6) is 0 Å². The molecule has 28 heavy (non-hydrogen) atoms. The second-order valence-corrected chi connectivity index (χ2v) is 7.11. The zero-order valence-corrected chi connectivity index (χ0v) is 15.6. The van der Waals surface area contributed by atoms with Crippen LogP contribution in [-0.2, 0) is 0 Å². The van der Waals surface area contributed by atoms with E-state index >= 15 is 0 Å². The number of likely N-dealkylation sites (tertiary alicyclic amines) is 1. The molecule has 1 unspecified atom stereocenters. The number of nitrogens with zero attached hydrogens (tertiary/aromatic N) is 3. The topological polar surface area (TPSA) is 71.0 Å². The number of hydrogen-bond donors (Lipinski definition) is 1. The number of aryl methyl sites for hydroxylation is 1. The van der Waals surface area contributed by atoms with Gasteiger partial charge in [-0.2, -0.15) is 4.68 Å². The fourth-order valence-corrected chi connectivity index (χ4v) is 3.65. The van der Waals surface area contributed by atoms with Crippen LogP contribution in [-0.4, -0.2) is 38.7 Å². The summed E-state index contributed by atoms with van der Waals surface area (Å²) in [6, 6.07) is 13.1. The van der Waals surface area contributed by atoms with Gasteiger partial charge in [-0.05, 0) is 55.7 Å². The van der Waals surface area contributed by atoms with E-state index in [0.29, 0.717) is 30.2 Å². The summed E-state index contributed by atoms with van der Waals surface area (Å²) >= 11 is 0. The molecule has 4 rings (SSSR count). The second-order valence-electron chi connectivity index (χ2n) is 7.11. The Balaban J connectivity index is 1.56. The number of rotatable bonds is 3. The van der Waals surface area contributed by atoms with E-state index in [4.69, 9.17) is 0 Å². The minimum Gasteiger partial charge on any atom is -0.338 e. The summed E-state index contributed by atoms with van der Waals surface area (Å²) in [4.78, 5) is 29.9. The first-order valence-electron chi connectivity index (χ1n) is 9.33. The van der Waals surface area contributed by atoms with Crippen LogP contribution in [0.4, 0.5) is 4.39 Å². The number of amides is 1. The van der Waals surface area contributed by atoms with Gasteiger partial charge >= 0.3 is 5.69 Å². The van der Waals surface area contributed by atoms with Crippen molar-refractivity contribution in [3.05, 3.63) is 81.8 Å². The summed E-state index contributed by atoms with van der Waals surface area (Å²) in [6.07, 6.45) is 1.68. The molecule has 1 atom stereocenters.